The average molecular weight is 474 g/mol. The number of fused-ring (bicyclic) bond motifs is 1. The van der Waals surface area contributed by atoms with E-state index in [9.17, 15) is 0 Å². The molecule has 1 saturated heterocycles. The number of nitrogens with zero attached hydrogens (tertiary/aromatic N) is 3. The summed E-state index contributed by atoms with van der Waals surface area (Å²) >= 11 is 0. The van der Waals surface area contributed by atoms with Crippen molar-refractivity contribution in [3.63, 3.8) is 0 Å². The second-order valence-corrected chi connectivity index (χ2v) is 8.51. The van der Waals surface area contributed by atoms with Crippen molar-refractivity contribution in [3.05, 3.63) is 84.3 Å². The molecule has 0 amide bonds. The summed E-state index contributed by atoms with van der Waals surface area (Å²) in [6.07, 6.45) is 2.64. The Balaban J connectivity index is 1.29. The van der Waals surface area contributed by atoms with Gasteiger partial charge >= 0.3 is 0 Å². The van der Waals surface area contributed by atoms with Crippen LogP contribution in [0.25, 0.3) is 10.9 Å². The zero-order valence-corrected chi connectivity index (χ0v) is 19.9. The van der Waals surface area contributed by atoms with Crippen LogP contribution in [0.3, 0.4) is 0 Å². The first-order valence-electron chi connectivity index (χ1n) is 11.6. The molecule has 0 unspecified atom stereocenters. The molecular weight excluding hydrogens is 445 g/mol. The van der Waals surface area contributed by atoms with Gasteiger partial charge in [-0.05, 0) is 36.2 Å². The number of methoxy groups -OCH3 is 2. The number of rotatable bonds is 8. The van der Waals surface area contributed by atoms with Gasteiger partial charge in [0.15, 0.2) is 23.1 Å². The van der Waals surface area contributed by atoms with Crippen molar-refractivity contribution in [3.8, 4) is 23.0 Å². The molecule has 6 nitrogen and oxygen atoms in total. The third-order valence-corrected chi connectivity index (χ3v) is 6.32. The first-order chi connectivity index (χ1) is 17.1. The summed E-state index contributed by atoms with van der Waals surface area (Å²) in [7, 11) is 3.14. The smallest absolute Gasteiger partial charge is 0.167 e. The molecular formula is C28H28FN3O3. The van der Waals surface area contributed by atoms with Crippen LogP contribution in [0, 0.1) is 5.82 Å². The zero-order valence-electron chi connectivity index (χ0n) is 19.9. The van der Waals surface area contributed by atoms with Crippen LogP contribution in [0.4, 0.5) is 10.1 Å². The van der Waals surface area contributed by atoms with Gasteiger partial charge in [0, 0.05) is 49.0 Å². The minimum absolute atomic E-state index is 0.163. The highest BCUT2D eigenvalue weighted by Crippen LogP contribution is 2.37. The Morgan fingerprint density at radius 2 is 1.66 bits per heavy atom. The molecule has 0 radical (unpaired) electrons. The van der Waals surface area contributed by atoms with Gasteiger partial charge < -0.3 is 19.1 Å². The van der Waals surface area contributed by atoms with Crippen LogP contribution in [-0.4, -0.2) is 50.4 Å². The number of pyridine rings is 1. The fourth-order valence-corrected chi connectivity index (χ4v) is 4.39. The highest BCUT2D eigenvalue weighted by atomic mass is 19.1. The van der Waals surface area contributed by atoms with Crippen LogP contribution in [0.2, 0.25) is 0 Å². The summed E-state index contributed by atoms with van der Waals surface area (Å²) in [5.41, 5.74) is 2.85. The van der Waals surface area contributed by atoms with Gasteiger partial charge in [0.2, 0.25) is 0 Å². The number of benzene rings is 3. The molecule has 1 aliphatic heterocycles. The molecule has 0 spiro atoms. The van der Waals surface area contributed by atoms with Crippen molar-refractivity contribution in [2.45, 2.75) is 6.42 Å². The fourth-order valence-electron chi connectivity index (χ4n) is 4.39. The van der Waals surface area contributed by atoms with Crippen LogP contribution in [-0.2, 0) is 6.42 Å². The van der Waals surface area contributed by atoms with Gasteiger partial charge in [0.25, 0.3) is 0 Å². The topological polar surface area (TPSA) is 47.1 Å². The standard InChI is InChI=1S/C28H28FN3O3/c1-33-27-17-22-24(18-28(27)34-2)30-12-10-25(22)35-26-9-8-21(16-23(26)29)32-15-14-31(19-32)13-11-20-6-4-3-5-7-20/h3-10,12,16-18H,11,13-15,19H2,1-2H3. The fraction of sp³-hybridized carbons (Fsp3) is 0.250. The molecule has 35 heavy (non-hydrogen) atoms. The quantitative estimate of drug-likeness (QED) is 0.337. The van der Waals surface area contributed by atoms with Crippen molar-refractivity contribution >= 4 is 16.6 Å². The van der Waals surface area contributed by atoms with E-state index in [1.165, 1.54) is 5.56 Å². The minimum Gasteiger partial charge on any atom is -0.493 e. The minimum atomic E-state index is -0.407. The summed E-state index contributed by atoms with van der Waals surface area (Å²) < 4.78 is 31.8. The number of aromatic nitrogens is 1. The average Bonchev–Trinajstić information content (AvgIpc) is 3.37. The normalized spacial score (nSPS) is 13.9. The van der Waals surface area contributed by atoms with Crippen molar-refractivity contribution in [1.29, 1.82) is 0 Å². The Hall–Kier alpha value is -3.84. The SMILES string of the molecule is COc1cc2nccc(Oc3ccc(N4CCN(CCc5ccccc5)C4)cc3F)c2cc1OC. The van der Waals surface area contributed by atoms with Gasteiger partial charge in [-0.25, -0.2) is 4.39 Å². The molecule has 0 aliphatic carbocycles. The lowest BCUT2D eigenvalue weighted by molar-refractivity contribution is 0.346. The molecule has 0 atom stereocenters. The van der Waals surface area contributed by atoms with Gasteiger partial charge in [-0.15, -0.1) is 0 Å². The Kier molecular flexibility index (Phi) is 6.68. The molecule has 0 N–H and O–H groups in total. The number of hydrogen-bond acceptors (Lipinski definition) is 6. The Labute approximate surface area is 204 Å². The second kappa shape index (κ2) is 10.2. The summed E-state index contributed by atoms with van der Waals surface area (Å²) in [5.74, 6) is 1.38. The third kappa shape index (κ3) is 5.00. The maximum absolute atomic E-state index is 15.1. The molecule has 180 valence electrons. The van der Waals surface area contributed by atoms with Gasteiger partial charge in [-0.1, -0.05) is 30.3 Å². The van der Waals surface area contributed by atoms with E-state index in [0.717, 1.165) is 38.4 Å². The lowest BCUT2D eigenvalue weighted by Gasteiger charge is -2.20. The largest absolute Gasteiger partial charge is 0.493 e. The number of ether oxygens (including phenoxy) is 3. The summed E-state index contributed by atoms with van der Waals surface area (Å²) in [6.45, 7) is 3.59. The molecule has 5 rings (SSSR count). The van der Waals surface area contributed by atoms with E-state index in [1.807, 2.05) is 12.1 Å². The first-order valence-corrected chi connectivity index (χ1v) is 11.6. The van der Waals surface area contributed by atoms with E-state index in [4.69, 9.17) is 14.2 Å². The summed E-state index contributed by atoms with van der Waals surface area (Å²) in [5, 5.41) is 0.710. The van der Waals surface area contributed by atoms with Crippen LogP contribution >= 0.6 is 0 Å². The molecule has 1 aromatic heterocycles. The van der Waals surface area contributed by atoms with Crippen LogP contribution in [0.1, 0.15) is 5.56 Å². The molecule has 4 aromatic rings. The Morgan fingerprint density at radius 1 is 0.857 bits per heavy atom. The van der Waals surface area contributed by atoms with Gasteiger partial charge in [-0.3, -0.25) is 9.88 Å². The van der Waals surface area contributed by atoms with E-state index in [-0.39, 0.29) is 5.75 Å². The van der Waals surface area contributed by atoms with Gasteiger partial charge in [0.05, 0.1) is 26.4 Å². The third-order valence-electron chi connectivity index (χ3n) is 6.32. The van der Waals surface area contributed by atoms with Crippen molar-refractivity contribution in [1.82, 2.24) is 9.88 Å². The number of halogens is 1. The molecule has 3 aromatic carbocycles. The highest BCUT2D eigenvalue weighted by Gasteiger charge is 2.21. The molecule has 1 fully saturated rings. The van der Waals surface area contributed by atoms with E-state index in [0.29, 0.717) is 28.2 Å². The van der Waals surface area contributed by atoms with E-state index in [2.05, 4.69) is 39.0 Å². The second-order valence-electron chi connectivity index (χ2n) is 8.51. The maximum Gasteiger partial charge on any atom is 0.167 e. The Morgan fingerprint density at radius 3 is 2.43 bits per heavy atom. The molecule has 0 bridgehead atoms. The predicted octanol–water partition coefficient (Wildman–Crippen LogP) is 5.51. The lowest BCUT2D eigenvalue weighted by Crippen LogP contribution is -2.27. The van der Waals surface area contributed by atoms with E-state index >= 15 is 4.39 Å². The number of hydrogen-bond donors (Lipinski definition) is 0. The Bertz CT molecular complexity index is 1320. The number of anilines is 1. The molecule has 0 saturated carbocycles. The lowest BCUT2D eigenvalue weighted by atomic mass is 10.1. The van der Waals surface area contributed by atoms with Gasteiger partial charge in [-0.2, -0.15) is 0 Å². The van der Waals surface area contributed by atoms with Crippen molar-refractivity contribution in [2.24, 2.45) is 0 Å². The van der Waals surface area contributed by atoms with Crippen LogP contribution < -0.4 is 19.1 Å². The summed E-state index contributed by atoms with van der Waals surface area (Å²) in [6, 6.07) is 20.9. The zero-order chi connectivity index (χ0) is 24.2. The van der Waals surface area contributed by atoms with Crippen LogP contribution in [0.5, 0.6) is 23.0 Å². The maximum atomic E-state index is 15.1. The molecule has 2 heterocycles. The molecule has 1 aliphatic rings. The van der Waals surface area contributed by atoms with Gasteiger partial charge in [0.1, 0.15) is 5.75 Å². The van der Waals surface area contributed by atoms with Crippen LogP contribution in [0.15, 0.2) is 72.9 Å². The van der Waals surface area contributed by atoms with Crippen molar-refractivity contribution in [2.75, 3.05) is 45.4 Å². The predicted molar refractivity (Wildman–Crippen MR) is 135 cm³/mol. The highest BCUT2D eigenvalue weighted by molar-refractivity contribution is 5.88. The summed E-state index contributed by atoms with van der Waals surface area (Å²) in [4.78, 5) is 8.96. The molecule has 7 heteroatoms. The monoisotopic (exact) mass is 473 g/mol. The van der Waals surface area contributed by atoms with Crippen molar-refractivity contribution < 1.29 is 18.6 Å². The first kappa shape index (κ1) is 22.9. The van der Waals surface area contributed by atoms with E-state index in [1.54, 1.807) is 50.7 Å². The van der Waals surface area contributed by atoms with E-state index < -0.39 is 5.82 Å².